The van der Waals surface area contributed by atoms with Crippen LogP contribution in [-0.4, -0.2) is 62.3 Å². The standard InChI is InChI=1S/C20H19FN6OS/c21-14-5-7-15(8-6-14)25-9-11-26(12-10-25)18(28)13-29-20-24-23-19-22-16-3-1-2-4-17(16)27(19)20/h1-8H,9-13H2,(H,22,23). The molecule has 29 heavy (non-hydrogen) atoms. The predicted octanol–water partition coefficient (Wildman–Crippen LogP) is 2.79. The van der Waals surface area contributed by atoms with Crippen LogP contribution in [0.25, 0.3) is 16.8 Å². The van der Waals surface area contributed by atoms with E-state index in [2.05, 4.69) is 20.1 Å². The van der Waals surface area contributed by atoms with Crippen LogP contribution >= 0.6 is 11.8 Å². The van der Waals surface area contributed by atoms with Gasteiger partial charge < -0.3 is 9.80 Å². The zero-order valence-corrected chi connectivity index (χ0v) is 16.4. The summed E-state index contributed by atoms with van der Waals surface area (Å²) in [6.45, 7) is 2.78. The lowest BCUT2D eigenvalue weighted by atomic mass is 10.2. The molecule has 0 atom stereocenters. The van der Waals surface area contributed by atoms with Gasteiger partial charge in [-0.2, -0.15) is 0 Å². The first-order chi connectivity index (χ1) is 14.2. The van der Waals surface area contributed by atoms with E-state index < -0.39 is 0 Å². The van der Waals surface area contributed by atoms with Gasteiger partial charge in [0.1, 0.15) is 5.82 Å². The lowest BCUT2D eigenvalue weighted by molar-refractivity contribution is -0.128. The summed E-state index contributed by atoms with van der Waals surface area (Å²) in [5.41, 5.74) is 2.85. The van der Waals surface area contributed by atoms with Crippen LogP contribution in [0.15, 0.2) is 53.7 Å². The third kappa shape index (κ3) is 3.42. The Balaban J connectivity index is 1.22. The first-order valence-corrected chi connectivity index (χ1v) is 10.4. The molecule has 2 aromatic heterocycles. The number of anilines is 1. The first-order valence-electron chi connectivity index (χ1n) is 9.42. The van der Waals surface area contributed by atoms with Gasteiger partial charge in [-0.1, -0.05) is 23.9 Å². The smallest absolute Gasteiger partial charge is 0.233 e. The Labute approximate surface area is 170 Å². The van der Waals surface area contributed by atoms with Gasteiger partial charge in [-0.3, -0.25) is 9.20 Å². The highest BCUT2D eigenvalue weighted by Crippen LogP contribution is 2.23. The van der Waals surface area contributed by atoms with E-state index in [1.807, 2.05) is 33.6 Å². The Bertz CT molecular complexity index is 1160. The fourth-order valence-corrected chi connectivity index (χ4v) is 4.48. The van der Waals surface area contributed by atoms with E-state index in [4.69, 9.17) is 0 Å². The second kappa shape index (κ2) is 7.40. The average molecular weight is 410 g/mol. The number of aromatic amines is 1. The van der Waals surface area contributed by atoms with Crippen molar-refractivity contribution in [1.82, 2.24) is 24.5 Å². The van der Waals surface area contributed by atoms with Crippen molar-refractivity contribution in [2.24, 2.45) is 0 Å². The van der Waals surface area contributed by atoms with Gasteiger partial charge in [0.25, 0.3) is 0 Å². The lowest BCUT2D eigenvalue weighted by Gasteiger charge is -2.36. The maximum absolute atomic E-state index is 13.1. The van der Waals surface area contributed by atoms with E-state index in [0.29, 0.717) is 24.6 Å². The topological polar surface area (TPSA) is 69.5 Å². The number of imidazole rings is 1. The van der Waals surface area contributed by atoms with Crippen molar-refractivity contribution >= 4 is 40.2 Å². The molecule has 4 aromatic rings. The summed E-state index contributed by atoms with van der Waals surface area (Å²) in [5.74, 6) is 0.851. The minimum Gasteiger partial charge on any atom is -0.368 e. The number of rotatable bonds is 4. The number of aromatic nitrogens is 4. The Morgan fingerprint density at radius 2 is 1.83 bits per heavy atom. The lowest BCUT2D eigenvalue weighted by Crippen LogP contribution is -2.49. The molecule has 2 aromatic carbocycles. The van der Waals surface area contributed by atoms with Gasteiger partial charge >= 0.3 is 0 Å². The number of hydrogen-bond acceptors (Lipinski definition) is 5. The summed E-state index contributed by atoms with van der Waals surface area (Å²) in [6, 6.07) is 14.3. The van der Waals surface area contributed by atoms with Gasteiger partial charge in [0.05, 0.1) is 16.8 Å². The van der Waals surface area contributed by atoms with Crippen molar-refractivity contribution in [1.29, 1.82) is 0 Å². The molecular weight excluding hydrogens is 391 g/mol. The molecule has 1 N–H and O–H groups in total. The molecule has 0 spiro atoms. The van der Waals surface area contributed by atoms with Crippen molar-refractivity contribution in [3.05, 3.63) is 54.3 Å². The molecule has 0 saturated carbocycles. The zero-order valence-electron chi connectivity index (χ0n) is 15.6. The fraction of sp³-hybridized carbons (Fsp3) is 0.250. The summed E-state index contributed by atoms with van der Waals surface area (Å²) in [6.07, 6.45) is 0. The number of fused-ring (bicyclic) bond motifs is 3. The van der Waals surface area contributed by atoms with Crippen LogP contribution in [0, 0.1) is 5.82 Å². The molecule has 148 valence electrons. The molecule has 0 radical (unpaired) electrons. The summed E-state index contributed by atoms with van der Waals surface area (Å²) < 4.78 is 15.0. The van der Waals surface area contributed by atoms with E-state index in [9.17, 15) is 9.18 Å². The Morgan fingerprint density at radius 3 is 2.62 bits per heavy atom. The number of piperazine rings is 1. The summed E-state index contributed by atoms with van der Waals surface area (Å²) in [5, 5.41) is 7.97. The third-order valence-electron chi connectivity index (χ3n) is 5.15. The third-order valence-corrected chi connectivity index (χ3v) is 6.08. The van der Waals surface area contributed by atoms with Crippen molar-refractivity contribution < 1.29 is 9.18 Å². The molecule has 1 aliphatic rings. The molecule has 0 aliphatic carbocycles. The second-order valence-electron chi connectivity index (χ2n) is 6.90. The van der Waals surface area contributed by atoms with E-state index >= 15 is 0 Å². The highest BCUT2D eigenvalue weighted by Gasteiger charge is 2.22. The summed E-state index contributed by atoms with van der Waals surface area (Å²) in [7, 11) is 0. The van der Waals surface area contributed by atoms with Crippen molar-refractivity contribution in [3.63, 3.8) is 0 Å². The maximum atomic E-state index is 13.1. The molecule has 0 bridgehead atoms. The van der Waals surface area contributed by atoms with Crippen LogP contribution in [0.4, 0.5) is 10.1 Å². The maximum Gasteiger partial charge on any atom is 0.233 e. The molecule has 1 saturated heterocycles. The molecule has 5 rings (SSSR count). The van der Waals surface area contributed by atoms with Crippen LogP contribution in [0.1, 0.15) is 0 Å². The van der Waals surface area contributed by atoms with Crippen molar-refractivity contribution in [3.8, 4) is 0 Å². The number of H-pyrrole nitrogens is 1. The SMILES string of the molecule is O=C(CSc1n[nH]c2nc3ccccc3n12)N1CCN(c2ccc(F)cc2)CC1. The van der Waals surface area contributed by atoms with E-state index in [0.717, 1.165) is 35.0 Å². The number of benzene rings is 2. The minimum absolute atomic E-state index is 0.0920. The zero-order chi connectivity index (χ0) is 19.8. The quantitative estimate of drug-likeness (QED) is 0.524. The van der Waals surface area contributed by atoms with Crippen LogP contribution in [0.5, 0.6) is 0 Å². The highest BCUT2D eigenvalue weighted by molar-refractivity contribution is 7.99. The van der Waals surface area contributed by atoms with E-state index in [-0.39, 0.29) is 11.7 Å². The van der Waals surface area contributed by atoms with Crippen LogP contribution in [0.2, 0.25) is 0 Å². The highest BCUT2D eigenvalue weighted by atomic mass is 32.2. The molecule has 1 fully saturated rings. The number of nitrogens with one attached hydrogen (secondary N) is 1. The molecule has 7 nitrogen and oxygen atoms in total. The van der Waals surface area contributed by atoms with Crippen molar-refractivity contribution in [2.45, 2.75) is 5.16 Å². The monoisotopic (exact) mass is 410 g/mol. The van der Waals surface area contributed by atoms with E-state index in [1.54, 1.807) is 12.1 Å². The molecule has 1 amide bonds. The number of halogens is 1. The van der Waals surface area contributed by atoms with Crippen LogP contribution in [0.3, 0.4) is 0 Å². The fourth-order valence-electron chi connectivity index (χ4n) is 3.62. The molecule has 9 heteroatoms. The van der Waals surface area contributed by atoms with Gasteiger partial charge in [0.15, 0.2) is 5.16 Å². The summed E-state index contributed by atoms with van der Waals surface area (Å²) >= 11 is 1.41. The summed E-state index contributed by atoms with van der Waals surface area (Å²) in [4.78, 5) is 21.2. The minimum atomic E-state index is -0.238. The van der Waals surface area contributed by atoms with Gasteiger partial charge in [0, 0.05) is 31.9 Å². The number of para-hydroxylation sites is 2. The number of nitrogens with zero attached hydrogens (tertiary/aromatic N) is 5. The molecular formula is C20H19FN6OS. The van der Waals surface area contributed by atoms with Gasteiger partial charge in [-0.15, -0.1) is 5.10 Å². The predicted molar refractivity (Wildman–Crippen MR) is 111 cm³/mol. The Morgan fingerprint density at radius 1 is 1.07 bits per heavy atom. The number of amides is 1. The molecule has 0 unspecified atom stereocenters. The second-order valence-corrected chi connectivity index (χ2v) is 7.84. The number of thioether (sulfide) groups is 1. The number of hydrogen-bond donors (Lipinski definition) is 1. The van der Waals surface area contributed by atoms with E-state index in [1.165, 1.54) is 23.9 Å². The first kappa shape index (κ1) is 18.0. The van der Waals surface area contributed by atoms with Crippen molar-refractivity contribution in [2.75, 3.05) is 36.8 Å². The Kier molecular flexibility index (Phi) is 4.59. The Hall–Kier alpha value is -3.07. The largest absolute Gasteiger partial charge is 0.368 e. The molecule has 3 heterocycles. The number of carbonyl (C=O) groups is 1. The van der Waals surface area contributed by atoms with Crippen LogP contribution < -0.4 is 4.90 Å². The van der Waals surface area contributed by atoms with Gasteiger partial charge in [-0.05, 0) is 36.4 Å². The van der Waals surface area contributed by atoms with Gasteiger partial charge in [-0.25, -0.2) is 14.5 Å². The molecule has 1 aliphatic heterocycles. The number of carbonyl (C=O) groups excluding carboxylic acids is 1. The normalized spacial score (nSPS) is 14.8. The van der Waals surface area contributed by atoms with Crippen LogP contribution in [-0.2, 0) is 4.79 Å². The average Bonchev–Trinajstić information content (AvgIpc) is 3.32. The van der Waals surface area contributed by atoms with Gasteiger partial charge in [0.2, 0.25) is 11.7 Å².